The molecule has 10 heavy (non-hydrogen) atoms. The first-order valence-corrected chi connectivity index (χ1v) is 4.04. The first-order chi connectivity index (χ1) is 4.74. The van der Waals surface area contributed by atoms with Crippen LogP contribution in [-0.4, -0.2) is 4.98 Å². The van der Waals surface area contributed by atoms with Crippen molar-refractivity contribution in [2.24, 2.45) is 0 Å². The summed E-state index contributed by atoms with van der Waals surface area (Å²) in [6.07, 6.45) is 0. The van der Waals surface area contributed by atoms with Crippen molar-refractivity contribution in [3.05, 3.63) is 29.3 Å². The van der Waals surface area contributed by atoms with Gasteiger partial charge >= 0.3 is 0 Å². The van der Waals surface area contributed by atoms with Gasteiger partial charge in [-0.3, -0.25) is 0 Å². The molecule has 0 atom stereocenters. The molecule has 0 aliphatic carbocycles. The van der Waals surface area contributed by atoms with E-state index in [4.69, 9.17) is 0 Å². The van der Waals surface area contributed by atoms with Gasteiger partial charge in [0.1, 0.15) is 0 Å². The Kier molecular flexibility index (Phi) is 2.38. The first kappa shape index (κ1) is 7.66. The number of hydrogen-bond acceptors (Lipinski definition) is 1. The Morgan fingerprint density at radius 1 is 1.60 bits per heavy atom. The summed E-state index contributed by atoms with van der Waals surface area (Å²) in [5.41, 5.74) is 1.78. The van der Waals surface area contributed by atoms with Crippen LogP contribution in [-0.2, 0) is 5.33 Å². The van der Waals surface area contributed by atoms with E-state index >= 15 is 0 Å². The molecule has 1 nitrogen and oxygen atoms in total. The molecule has 0 aliphatic heterocycles. The fourth-order valence-electron chi connectivity index (χ4n) is 0.700. The lowest BCUT2D eigenvalue weighted by Gasteiger charge is -1.98. The quantitative estimate of drug-likeness (QED) is 0.505. The van der Waals surface area contributed by atoms with Crippen molar-refractivity contribution in [2.75, 3.05) is 0 Å². The van der Waals surface area contributed by atoms with Crippen LogP contribution in [0.15, 0.2) is 12.1 Å². The highest BCUT2D eigenvalue weighted by Gasteiger charge is 1.97. The molecule has 0 radical (unpaired) electrons. The van der Waals surface area contributed by atoms with Crippen LogP contribution in [0.2, 0.25) is 0 Å². The maximum atomic E-state index is 12.4. The molecule has 0 unspecified atom stereocenters. The number of alkyl halides is 1. The van der Waals surface area contributed by atoms with Crippen LogP contribution in [0.1, 0.15) is 11.3 Å². The largest absolute Gasteiger partial charge is 0.225 e. The third kappa shape index (κ3) is 1.53. The lowest BCUT2D eigenvalue weighted by atomic mass is 10.2. The second kappa shape index (κ2) is 3.10. The number of pyridine rings is 1. The zero-order valence-corrected chi connectivity index (χ0v) is 7.15. The van der Waals surface area contributed by atoms with Gasteiger partial charge in [0, 0.05) is 11.0 Å². The summed E-state index contributed by atoms with van der Waals surface area (Å²) < 4.78 is 12.4. The summed E-state index contributed by atoms with van der Waals surface area (Å²) >= 11 is 3.27. The van der Waals surface area contributed by atoms with Gasteiger partial charge in [0.15, 0.2) is 0 Å². The molecule has 3 heteroatoms. The summed E-state index contributed by atoms with van der Waals surface area (Å²) in [5.74, 6) is -0.415. The third-order valence-electron chi connectivity index (χ3n) is 1.31. The summed E-state index contributed by atoms with van der Waals surface area (Å²) in [7, 11) is 0. The molecule has 1 heterocycles. The molecule has 0 aliphatic rings. The molecular formula is C7H7BrFN. The minimum Gasteiger partial charge on any atom is -0.225 e. The Hall–Kier alpha value is -0.440. The zero-order chi connectivity index (χ0) is 7.56. The Labute approximate surface area is 67.4 Å². The molecular weight excluding hydrogens is 197 g/mol. The molecule has 1 aromatic rings. The van der Waals surface area contributed by atoms with Gasteiger partial charge in [0.2, 0.25) is 5.95 Å². The molecule has 0 aromatic carbocycles. The summed E-state index contributed by atoms with van der Waals surface area (Å²) in [4.78, 5) is 3.65. The van der Waals surface area contributed by atoms with Gasteiger partial charge in [-0.15, -0.1) is 0 Å². The second-order valence-electron chi connectivity index (χ2n) is 2.01. The molecule has 0 N–H and O–H groups in total. The predicted octanol–water partition coefficient (Wildman–Crippen LogP) is 2.42. The molecule has 0 amide bonds. The van der Waals surface area contributed by atoms with Crippen molar-refractivity contribution in [2.45, 2.75) is 12.3 Å². The van der Waals surface area contributed by atoms with E-state index in [0.29, 0.717) is 0 Å². The predicted molar refractivity (Wildman–Crippen MR) is 41.6 cm³/mol. The molecule has 1 aromatic heterocycles. The highest BCUT2D eigenvalue weighted by Crippen LogP contribution is 2.09. The topological polar surface area (TPSA) is 12.9 Å². The summed E-state index contributed by atoms with van der Waals surface area (Å²) in [6.45, 7) is 1.79. The van der Waals surface area contributed by atoms with E-state index in [1.165, 1.54) is 6.07 Å². The fourth-order valence-corrected chi connectivity index (χ4v) is 1.29. The normalized spacial score (nSPS) is 9.90. The molecule has 0 saturated carbocycles. The Balaban J connectivity index is 3.07. The van der Waals surface area contributed by atoms with Gasteiger partial charge in [-0.25, -0.2) is 4.98 Å². The van der Waals surface area contributed by atoms with E-state index in [-0.39, 0.29) is 0 Å². The highest BCUT2D eigenvalue weighted by atomic mass is 79.9. The van der Waals surface area contributed by atoms with Crippen LogP contribution in [0, 0.1) is 12.9 Å². The van der Waals surface area contributed by atoms with Crippen molar-refractivity contribution in [1.29, 1.82) is 0 Å². The Bertz CT molecular complexity index is 237. The van der Waals surface area contributed by atoms with Crippen molar-refractivity contribution >= 4 is 15.9 Å². The number of aryl methyl sites for hydroxylation is 1. The number of halogens is 2. The average Bonchev–Trinajstić information content (AvgIpc) is 1.88. The molecule has 0 saturated heterocycles. The third-order valence-corrected chi connectivity index (χ3v) is 1.91. The van der Waals surface area contributed by atoms with Gasteiger partial charge in [0.25, 0.3) is 0 Å². The first-order valence-electron chi connectivity index (χ1n) is 2.92. The molecule has 0 spiro atoms. The monoisotopic (exact) mass is 203 g/mol. The Morgan fingerprint density at radius 3 is 2.80 bits per heavy atom. The van der Waals surface area contributed by atoms with Crippen LogP contribution >= 0.6 is 15.9 Å². The van der Waals surface area contributed by atoms with Crippen molar-refractivity contribution in [3.8, 4) is 0 Å². The van der Waals surface area contributed by atoms with Crippen LogP contribution in [0.3, 0.4) is 0 Å². The van der Waals surface area contributed by atoms with E-state index in [2.05, 4.69) is 20.9 Å². The molecule has 1 rings (SSSR count). The van der Waals surface area contributed by atoms with Gasteiger partial charge in [-0.2, -0.15) is 4.39 Å². The van der Waals surface area contributed by atoms with Crippen LogP contribution in [0.25, 0.3) is 0 Å². The van der Waals surface area contributed by atoms with Crippen LogP contribution in [0.5, 0.6) is 0 Å². The summed E-state index contributed by atoms with van der Waals surface area (Å²) in [6, 6.07) is 3.09. The molecule has 0 bridgehead atoms. The molecule has 54 valence electrons. The fraction of sp³-hybridized carbons (Fsp3) is 0.286. The maximum absolute atomic E-state index is 12.4. The van der Waals surface area contributed by atoms with Gasteiger partial charge < -0.3 is 0 Å². The standard InChI is InChI=1S/C7H7BrFN/c1-5-6(4-8)2-3-7(9)10-5/h2-3H,4H2,1H3. The van der Waals surface area contributed by atoms with Crippen molar-refractivity contribution < 1.29 is 4.39 Å². The number of nitrogens with zero attached hydrogens (tertiary/aromatic N) is 1. The van der Waals surface area contributed by atoms with Gasteiger partial charge in [-0.05, 0) is 18.6 Å². The smallest absolute Gasteiger partial charge is 0.213 e. The minimum absolute atomic E-state index is 0.415. The van der Waals surface area contributed by atoms with Gasteiger partial charge in [-0.1, -0.05) is 22.0 Å². The average molecular weight is 204 g/mol. The number of aromatic nitrogens is 1. The van der Waals surface area contributed by atoms with E-state index in [9.17, 15) is 4.39 Å². The van der Waals surface area contributed by atoms with Crippen LogP contribution in [0.4, 0.5) is 4.39 Å². The Morgan fingerprint density at radius 2 is 2.30 bits per heavy atom. The van der Waals surface area contributed by atoms with E-state index in [1.54, 1.807) is 13.0 Å². The lowest BCUT2D eigenvalue weighted by molar-refractivity contribution is 0.579. The SMILES string of the molecule is Cc1nc(F)ccc1CBr. The highest BCUT2D eigenvalue weighted by molar-refractivity contribution is 9.08. The van der Waals surface area contributed by atoms with E-state index in [1.807, 2.05) is 0 Å². The van der Waals surface area contributed by atoms with Gasteiger partial charge in [0.05, 0.1) is 0 Å². The summed E-state index contributed by atoms with van der Waals surface area (Å²) in [5, 5.41) is 0.728. The minimum atomic E-state index is -0.415. The van der Waals surface area contributed by atoms with Crippen molar-refractivity contribution in [3.63, 3.8) is 0 Å². The number of hydrogen-bond donors (Lipinski definition) is 0. The van der Waals surface area contributed by atoms with E-state index < -0.39 is 5.95 Å². The second-order valence-corrected chi connectivity index (χ2v) is 2.57. The maximum Gasteiger partial charge on any atom is 0.213 e. The van der Waals surface area contributed by atoms with E-state index in [0.717, 1.165) is 16.6 Å². The zero-order valence-electron chi connectivity index (χ0n) is 5.56. The molecule has 0 fully saturated rings. The number of rotatable bonds is 1. The lowest BCUT2D eigenvalue weighted by Crippen LogP contribution is -1.91. The van der Waals surface area contributed by atoms with Crippen molar-refractivity contribution in [1.82, 2.24) is 4.98 Å². The van der Waals surface area contributed by atoms with Crippen LogP contribution < -0.4 is 0 Å².